The van der Waals surface area contributed by atoms with E-state index in [0.29, 0.717) is 17.7 Å². The molecule has 20 heavy (non-hydrogen) atoms. The molecule has 0 radical (unpaired) electrons. The smallest absolute Gasteiger partial charge is 0.344 e. The summed E-state index contributed by atoms with van der Waals surface area (Å²) in [6.07, 6.45) is -0.565. The summed E-state index contributed by atoms with van der Waals surface area (Å²) >= 11 is 0. The zero-order chi connectivity index (χ0) is 15.3. The summed E-state index contributed by atoms with van der Waals surface area (Å²) in [5, 5.41) is 9.05. The lowest BCUT2D eigenvalue weighted by molar-refractivity contribution is -0.145. The van der Waals surface area contributed by atoms with Gasteiger partial charge in [-0.1, -0.05) is 26.0 Å². The van der Waals surface area contributed by atoms with Crippen molar-refractivity contribution in [3.8, 4) is 5.75 Å². The first-order valence-electron chi connectivity index (χ1n) is 6.11. The SMILES string of the molecule is CC(C)CC(Oc1ccc(CS(=O)(=O)O)cc1)C(=O)O. The molecule has 0 aliphatic heterocycles. The molecule has 1 atom stereocenters. The molecular formula is C13H18O6S. The van der Waals surface area contributed by atoms with Gasteiger partial charge in [-0.3, -0.25) is 4.55 Å². The Morgan fingerprint density at radius 2 is 1.80 bits per heavy atom. The van der Waals surface area contributed by atoms with Gasteiger partial charge < -0.3 is 9.84 Å². The molecule has 0 aliphatic rings. The molecule has 1 aromatic carbocycles. The molecule has 0 saturated heterocycles. The second-order valence-corrected chi connectivity index (χ2v) is 6.40. The molecule has 0 aliphatic carbocycles. The molecule has 0 bridgehead atoms. The van der Waals surface area contributed by atoms with Gasteiger partial charge in [0.1, 0.15) is 11.5 Å². The summed E-state index contributed by atoms with van der Waals surface area (Å²) in [6, 6.07) is 5.91. The van der Waals surface area contributed by atoms with E-state index in [-0.39, 0.29) is 5.92 Å². The average Bonchev–Trinajstić information content (AvgIpc) is 2.28. The average molecular weight is 302 g/mol. The van der Waals surface area contributed by atoms with Crippen LogP contribution >= 0.6 is 0 Å². The minimum atomic E-state index is -4.08. The van der Waals surface area contributed by atoms with Crippen molar-refractivity contribution >= 4 is 16.1 Å². The molecule has 0 aromatic heterocycles. The van der Waals surface area contributed by atoms with Gasteiger partial charge in [0.2, 0.25) is 0 Å². The standard InChI is InChI=1S/C13H18O6S/c1-9(2)7-12(13(14)15)19-11-5-3-10(4-6-11)8-20(16,17)18/h3-6,9,12H,7-8H2,1-2H3,(H,14,15)(H,16,17,18). The molecule has 7 heteroatoms. The van der Waals surface area contributed by atoms with Gasteiger partial charge in [-0.2, -0.15) is 8.42 Å². The molecule has 1 aromatic rings. The van der Waals surface area contributed by atoms with E-state index in [9.17, 15) is 13.2 Å². The van der Waals surface area contributed by atoms with Crippen molar-refractivity contribution in [2.75, 3.05) is 0 Å². The van der Waals surface area contributed by atoms with Gasteiger partial charge in [0.15, 0.2) is 6.10 Å². The van der Waals surface area contributed by atoms with E-state index in [1.165, 1.54) is 24.3 Å². The van der Waals surface area contributed by atoms with Crippen LogP contribution < -0.4 is 4.74 Å². The second kappa shape index (κ2) is 6.71. The maximum absolute atomic E-state index is 11.1. The number of hydrogen-bond acceptors (Lipinski definition) is 4. The lowest BCUT2D eigenvalue weighted by atomic mass is 10.1. The Morgan fingerprint density at radius 1 is 1.25 bits per heavy atom. The van der Waals surface area contributed by atoms with Gasteiger partial charge in [-0.25, -0.2) is 4.79 Å². The van der Waals surface area contributed by atoms with Crippen molar-refractivity contribution in [1.82, 2.24) is 0 Å². The Morgan fingerprint density at radius 3 is 2.20 bits per heavy atom. The van der Waals surface area contributed by atoms with Crippen LogP contribution in [-0.2, 0) is 20.7 Å². The predicted octanol–water partition coefficient (Wildman–Crippen LogP) is 1.95. The van der Waals surface area contributed by atoms with E-state index in [0.717, 1.165) is 0 Å². The van der Waals surface area contributed by atoms with Gasteiger partial charge in [0, 0.05) is 0 Å². The number of carboxylic acids is 1. The van der Waals surface area contributed by atoms with Gasteiger partial charge in [-0.15, -0.1) is 0 Å². The Hall–Kier alpha value is -1.60. The van der Waals surface area contributed by atoms with Gasteiger partial charge >= 0.3 is 5.97 Å². The Kier molecular flexibility index (Phi) is 5.52. The van der Waals surface area contributed by atoms with Crippen LogP contribution in [0, 0.1) is 5.92 Å². The van der Waals surface area contributed by atoms with E-state index in [2.05, 4.69) is 0 Å². The molecule has 1 rings (SSSR count). The lowest BCUT2D eigenvalue weighted by Gasteiger charge is -2.17. The third kappa shape index (κ3) is 6.03. The molecular weight excluding hydrogens is 284 g/mol. The van der Waals surface area contributed by atoms with Crippen LogP contribution in [0.1, 0.15) is 25.8 Å². The van der Waals surface area contributed by atoms with Crippen molar-refractivity contribution in [1.29, 1.82) is 0 Å². The lowest BCUT2D eigenvalue weighted by Crippen LogP contribution is -2.28. The Bertz CT molecular complexity index is 547. The summed E-state index contributed by atoms with van der Waals surface area (Å²) < 4.78 is 35.5. The Balaban J connectivity index is 2.75. The summed E-state index contributed by atoms with van der Waals surface area (Å²) in [7, 11) is -4.08. The maximum atomic E-state index is 11.1. The highest BCUT2D eigenvalue weighted by atomic mass is 32.2. The minimum Gasteiger partial charge on any atom is -0.479 e. The minimum absolute atomic E-state index is 0.176. The van der Waals surface area contributed by atoms with Crippen LogP contribution in [0.5, 0.6) is 5.75 Å². The van der Waals surface area contributed by atoms with Crippen molar-refractivity contribution in [2.45, 2.75) is 32.1 Å². The van der Waals surface area contributed by atoms with Gasteiger partial charge in [0.25, 0.3) is 10.1 Å². The molecule has 1 unspecified atom stereocenters. The largest absolute Gasteiger partial charge is 0.479 e. The molecule has 0 amide bonds. The molecule has 6 nitrogen and oxygen atoms in total. The van der Waals surface area contributed by atoms with Gasteiger partial charge in [-0.05, 0) is 30.0 Å². The van der Waals surface area contributed by atoms with Crippen LogP contribution in [0.4, 0.5) is 0 Å². The molecule has 0 spiro atoms. The molecule has 0 heterocycles. The number of carbonyl (C=O) groups is 1. The third-order valence-electron chi connectivity index (χ3n) is 2.51. The van der Waals surface area contributed by atoms with E-state index >= 15 is 0 Å². The van der Waals surface area contributed by atoms with Crippen LogP contribution in [0.15, 0.2) is 24.3 Å². The number of benzene rings is 1. The molecule has 0 saturated carbocycles. The zero-order valence-corrected chi connectivity index (χ0v) is 12.1. The number of rotatable bonds is 7. The first kappa shape index (κ1) is 16.5. The second-order valence-electron chi connectivity index (χ2n) is 4.94. The topological polar surface area (TPSA) is 101 Å². The van der Waals surface area contributed by atoms with E-state index in [1.807, 2.05) is 13.8 Å². The van der Waals surface area contributed by atoms with Crippen LogP contribution in [0.25, 0.3) is 0 Å². The highest BCUT2D eigenvalue weighted by Gasteiger charge is 2.20. The van der Waals surface area contributed by atoms with E-state index in [1.54, 1.807) is 0 Å². The van der Waals surface area contributed by atoms with Crippen molar-refractivity contribution in [3.63, 3.8) is 0 Å². The molecule has 112 valence electrons. The van der Waals surface area contributed by atoms with Gasteiger partial charge in [0.05, 0.1) is 0 Å². The normalized spacial score (nSPS) is 13.2. The fourth-order valence-electron chi connectivity index (χ4n) is 1.67. The number of aliphatic carboxylic acids is 1. The summed E-state index contributed by atoms with van der Waals surface area (Å²) in [5.74, 6) is -1.01. The monoisotopic (exact) mass is 302 g/mol. The predicted molar refractivity (Wildman–Crippen MR) is 73.2 cm³/mol. The highest BCUT2D eigenvalue weighted by molar-refractivity contribution is 7.85. The quantitative estimate of drug-likeness (QED) is 0.747. The fraction of sp³-hybridized carbons (Fsp3) is 0.462. The first-order chi connectivity index (χ1) is 9.17. The first-order valence-corrected chi connectivity index (χ1v) is 7.72. The summed E-state index contributed by atoms with van der Waals surface area (Å²) in [4.78, 5) is 11.1. The number of hydrogen-bond donors (Lipinski definition) is 2. The summed E-state index contributed by atoms with van der Waals surface area (Å²) in [6.45, 7) is 3.79. The van der Waals surface area contributed by atoms with E-state index in [4.69, 9.17) is 14.4 Å². The Labute approximate surface area is 118 Å². The highest BCUT2D eigenvalue weighted by Crippen LogP contribution is 2.18. The number of carboxylic acid groups (broad SMARTS) is 1. The fourth-order valence-corrected chi connectivity index (χ4v) is 2.28. The molecule has 2 N–H and O–H groups in total. The molecule has 0 fully saturated rings. The van der Waals surface area contributed by atoms with Crippen molar-refractivity contribution < 1.29 is 27.6 Å². The third-order valence-corrected chi connectivity index (χ3v) is 3.21. The maximum Gasteiger partial charge on any atom is 0.344 e. The zero-order valence-electron chi connectivity index (χ0n) is 11.3. The van der Waals surface area contributed by atoms with Crippen LogP contribution in [0.2, 0.25) is 0 Å². The van der Waals surface area contributed by atoms with Crippen LogP contribution in [0.3, 0.4) is 0 Å². The summed E-state index contributed by atoms with van der Waals surface area (Å²) in [5.41, 5.74) is 0.399. The van der Waals surface area contributed by atoms with E-state index < -0.39 is 27.9 Å². The van der Waals surface area contributed by atoms with Crippen molar-refractivity contribution in [2.24, 2.45) is 5.92 Å². The van der Waals surface area contributed by atoms with Crippen molar-refractivity contribution in [3.05, 3.63) is 29.8 Å². The van der Waals surface area contributed by atoms with Crippen LogP contribution in [-0.4, -0.2) is 30.2 Å². The number of ether oxygens (including phenoxy) is 1.